The Bertz CT molecular complexity index is 1300. The zero-order valence-corrected chi connectivity index (χ0v) is 18.1. The van der Waals surface area contributed by atoms with Gasteiger partial charge in [-0.25, -0.2) is 4.98 Å². The minimum Gasteiger partial charge on any atom is -0.496 e. The number of pyridine rings is 1. The molecule has 0 bridgehead atoms. The SMILES string of the molecule is CNc1cc(-c2cnc3cc(-c4cnn(C)c4)ccn23)cc(OC)c1C(=O)NCC(F)(F)F. The number of halogens is 3. The molecule has 0 saturated heterocycles. The Labute approximate surface area is 187 Å². The second kappa shape index (κ2) is 8.49. The molecule has 4 rings (SSSR count). The van der Waals surface area contributed by atoms with Crippen molar-refractivity contribution in [2.75, 3.05) is 26.0 Å². The summed E-state index contributed by atoms with van der Waals surface area (Å²) in [4.78, 5) is 17.0. The Morgan fingerprint density at radius 1 is 1.15 bits per heavy atom. The maximum atomic E-state index is 12.6. The lowest BCUT2D eigenvalue weighted by Gasteiger charge is -2.16. The lowest BCUT2D eigenvalue weighted by atomic mass is 10.0. The number of benzene rings is 1. The van der Waals surface area contributed by atoms with E-state index in [1.807, 2.05) is 41.3 Å². The fraction of sp³-hybridized carbons (Fsp3) is 0.227. The highest BCUT2D eigenvalue weighted by molar-refractivity contribution is 6.03. The number of nitrogens with one attached hydrogen (secondary N) is 2. The van der Waals surface area contributed by atoms with Gasteiger partial charge in [0.2, 0.25) is 0 Å². The van der Waals surface area contributed by atoms with Crippen LogP contribution in [0.1, 0.15) is 10.4 Å². The third-order valence-electron chi connectivity index (χ3n) is 5.12. The number of rotatable bonds is 6. The number of carbonyl (C=O) groups excluding carboxylic acids is 1. The van der Waals surface area contributed by atoms with Crippen LogP contribution >= 0.6 is 0 Å². The molecule has 0 aliphatic rings. The van der Waals surface area contributed by atoms with E-state index < -0.39 is 18.6 Å². The van der Waals surface area contributed by atoms with Crippen molar-refractivity contribution in [3.63, 3.8) is 0 Å². The second-order valence-electron chi connectivity index (χ2n) is 7.34. The highest BCUT2D eigenvalue weighted by Crippen LogP contribution is 2.34. The summed E-state index contributed by atoms with van der Waals surface area (Å²) in [5.74, 6) is -0.752. The Morgan fingerprint density at radius 2 is 1.94 bits per heavy atom. The van der Waals surface area contributed by atoms with Crippen LogP contribution in [-0.2, 0) is 7.05 Å². The number of imidazole rings is 1. The first-order chi connectivity index (χ1) is 15.7. The molecule has 8 nitrogen and oxygen atoms in total. The molecule has 4 aromatic rings. The van der Waals surface area contributed by atoms with Crippen LogP contribution < -0.4 is 15.4 Å². The third-order valence-corrected chi connectivity index (χ3v) is 5.12. The molecular weight excluding hydrogens is 437 g/mol. The molecule has 0 spiro atoms. The summed E-state index contributed by atoms with van der Waals surface area (Å²) < 4.78 is 46.6. The standard InChI is InChI=1S/C22H21F3N6O2/c1-26-16-6-14(7-18(33-3)20(16)21(32)28-12-22(23,24)25)17-10-27-19-8-13(4-5-31(17)19)15-9-29-30(2)11-15/h4-11,26H,12H2,1-3H3,(H,28,32). The van der Waals surface area contributed by atoms with Crippen molar-refractivity contribution in [1.29, 1.82) is 0 Å². The molecule has 0 saturated carbocycles. The third kappa shape index (κ3) is 4.47. The zero-order valence-electron chi connectivity index (χ0n) is 18.1. The molecule has 0 atom stereocenters. The molecule has 2 N–H and O–H groups in total. The molecule has 0 fully saturated rings. The number of hydrogen-bond donors (Lipinski definition) is 2. The van der Waals surface area contributed by atoms with Crippen LogP contribution in [0.3, 0.4) is 0 Å². The Kier molecular flexibility index (Phi) is 5.71. The maximum absolute atomic E-state index is 12.6. The number of aryl methyl sites for hydroxylation is 1. The zero-order chi connectivity index (χ0) is 23.8. The van der Waals surface area contributed by atoms with E-state index in [9.17, 15) is 18.0 Å². The van der Waals surface area contributed by atoms with Crippen LogP contribution in [0.4, 0.5) is 18.9 Å². The number of carbonyl (C=O) groups is 1. The summed E-state index contributed by atoms with van der Waals surface area (Å²) in [5, 5.41) is 8.94. The number of anilines is 1. The predicted molar refractivity (Wildman–Crippen MR) is 117 cm³/mol. The van der Waals surface area contributed by atoms with Crippen molar-refractivity contribution in [3.05, 3.63) is 54.6 Å². The Morgan fingerprint density at radius 3 is 2.58 bits per heavy atom. The average Bonchev–Trinajstić information content (AvgIpc) is 3.41. The summed E-state index contributed by atoms with van der Waals surface area (Å²) >= 11 is 0. The molecule has 33 heavy (non-hydrogen) atoms. The van der Waals surface area contributed by atoms with Crippen molar-refractivity contribution in [1.82, 2.24) is 24.5 Å². The lowest BCUT2D eigenvalue weighted by molar-refractivity contribution is -0.123. The van der Waals surface area contributed by atoms with Gasteiger partial charge in [0.05, 0.1) is 30.9 Å². The number of alkyl halides is 3. The van der Waals surface area contributed by atoms with Crippen LogP contribution in [0.5, 0.6) is 5.75 Å². The number of methoxy groups -OCH3 is 1. The lowest BCUT2D eigenvalue weighted by Crippen LogP contribution is -2.34. The highest BCUT2D eigenvalue weighted by Gasteiger charge is 2.29. The molecular formula is C22H21F3N6O2. The van der Waals surface area contributed by atoms with E-state index in [-0.39, 0.29) is 11.3 Å². The first-order valence-electron chi connectivity index (χ1n) is 9.91. The summed E-state index contributed by atoms with van der Waals surface area (Å²) in [6, 6.07) is 7.13. The van der Waals surface area contributed by atoms with Crippen LogP contribution in [-0.4, -0.2) is 52.0 Å². The molecule has 0 unspecified atom stereocenters. The normalized spacial score (nSPS) is 11.6. The van der Waals surface area contributed by atoms with E-state index in [0.29, 0.717) is 16.9 Å². The van der Waals surface area contributed by atoms with Crippen LogP contribution in [0.2, 0.25) is 0 Å². The van der Waals surface area contributed by atoms with Gasteiger partial charge in [0.25, 0.3) is 5.91 Å². The van der Waals surface area contributed by atoms with Crippen molar-refractivity contribution in [2.45, 2.75) is 6.18 Å². The Hall–Kier alpha value is -4.02. The van der Waals surface area contributed by atoms with Gasteiger partial charge in [-0.3, -0.25) is 13.9 Å². The number of nitrogens with zero attached hydrogens (tertiary/aromatic N) is 4. The largest absolute Gasteiger partial charge is 0.496 e. The predicted octanol–water partition coefficient (Wildman–Crippen LogP) is 3.74. The molecule has 0 aliphatic carbocycles. The number of amides is 1. The first-order valence-corrected chi connectivity index (χ1v) is 9.91. The topological polar surface area (TPSA) is 85.5 Å². The number of ether oxygens (including phenoxy) is 1. The van der Waals surface area contributed by atoms with Gasteiger partial charge in [-0.1, -0.05) is 0 Å². The van der Waals surface area contributed by atoms with Gasteiger partial charge in [0.15, 0.2) is 0 Å². The monoisotopic (exact) mass is 458 g/mol. The molecule has 3 heterocycles. The van der Waals surface area contributed by atoms with Crippen molar-refractivity contribution in [3.8, 4) is 28.1 Å². The summed E-state index contributed by atoms with van der Waals surface area (Å²) in [6.45, 7) is -1.44. The van der Waals surface area contributed by atoms with E-state index >= 15 is 0 Å². The second-order valence-corrected chi connectivity index (χ2v) is 7.34. The molecule has 0 aliphatic heterocycles. The van der Waals surface area contributed by atoms with Gasteiger partial charge in [0.1, 0.15) is 23.5 Å². The summed E-state index contributed by atoms with van der Waals surface area (Å²) in [6.07, 6.45) is 2.70. The van der Waals surface area contributed by atoms with Gasteiger partial charge < -0.3 is 15.4 Å². The first kappa shape index (κ1) is 22.2. The van der Waals surface area contributed by atoms with Crippen LogP contribution in [0, 0.1) is 0 Å². The molecule has 172 valence electrons. The fourth-order valence-electron chi connectivity index (χ4n) is 3.57. The van der Waals surface area contributed by atoms with Crippen LogP contribution in [0.25, 0.3) is 28.0 Å². The molecule has 1 aromatic carbocycles. The molecule has 3 aromatic heterocycles. The van der Waals surface area contributed by atoms with Gasteiger partial charge >= 0.3 is 6.18 Å². The fourth-order valence-corrected chi connectivity index (χ4v) is 3.57. The minimum atomic E-state index is -4.52. The minimum absolute atomic E-state index is 0.0133. The average molecular weight is 458 g/mol. The summed E-state index contributed by atoms with van der Waals surface area (Å²) in [7, 11) is 4.77. The smallest absolute Gasteiger partial charge is 0.405 e. The van der Waals surface area contributed by atoms with Gasteiger partial charge in [0, 0.05) is 37.6 Å². The maximum Gasteiger partial charge on any atom is 0.405 e. The van der Waals surface area contributed by atoms with E-state index in [1.54, 1.807) is 36.3 Å². The Balaban J connectivity index is 1.74. The van der Waals surface area contributed by atoms with Gasteiger partial charge in [-0.05, 0) is 29.8 Å². The van der Waals surface area contributed by atoms with Gasteiger partial charge in [-0.2, -0.15) is 18.3 Å². The molecule has 0 radical (unpaired) electrons. The molecule has 11 heteroatoms. The van der Waals surface area contributed by atoms with E-state index in [2.05, 4.69) is 15.4 Å². The number of hydrogen-bond acceptors (Lipinski definition) is 5. The molecule has 1 amide bonds. The van der Waals surface area contributed by atoms with Gasteiger partial charge in [-0.15, -0.1) is 0 Å². The summed E-state index contributed by atoms with van der Waals surface area (Å²) in [5.41, 5.74) is 4.32. The van der Waals surface area contributed by atoms with Crippen LogP contribution in [0.15, 0.2) is 49.1 Å². The van der Waals surface area contributed by atoms with Crippen molar-refractivity contribution >= 4 is 17.2 Å². The van der Waals surface area contributed by atoms with E-state index in [4.69, 9.17) is 4.74 Å². The number of aromatic nitrogens is 4. The van der Waals surface area contributed by atoms with Crippen molar-refractivity contribution in [2.24, 2.45) is 7.05 Å². The highest BCUT2D eigenvalue weighted by atomic mass is 19.4. The number of fused-ring (bicyclic) bond motifs is 1. The van der Waals surface area contributed by atoms with E-state index in [0.717, 1.165) is 16.8 Å². The quantitative estimate of drug-likeness (QED) is 0.460. The van der Waals surface area contributed by atoms with Crippen molar-refractivity contribution < 1.29 is 22.7 Å². The van der Waals surface area contributed by atoms with E-state index in [1.165, 1.54) is 7.11 Å².